The maximum Gasteiger partial charge on any atom is 0.262 e. The van der Waals surface area contributed by atoms with E-state index in [1.165, 1.54) is 0 Å². The molecule has 2 nitrogen and oxygen atoms in total. The van der Waals surface area contributed by atoms with Gasteiger partial charge in [0.25, 0.3) is 5.91 Å². The van der Waals surface area contributed by atoms with Crippen LogP contribution in [0.5, 0.6) is 0 Å². The van der Waals surface area contributed by atoms with Crippen molar-refractivity contribution in [1.29, 1.82) is 0 Å². The highest BCUT2D eigenvalue weighted by Crippen LogP contribution is 2.15. The molecule has 0 radical (unpaired) electrons. The van der Waals surface area contributed by atoms with Gasteiger partial charge in [-0.3, -0.25) is 4.79 Å². The third-order valence-electron chi connectivity index (χ3n) is 1.57. The van der Waals surface area contributed by atoms with E-state index in [1.807, 2.05) is 0 Å². The molecule has 1 N–H and O–H groups in total. The van der Waals surface area contributed by atoms with E-state index in [4.69, 9.17) is 11.6 Å². The Morgan fingerprint density at radius 3 is 2.50 bits per heavy atom. The molecule has 1 amide bonds. The first-order valence-corrected chi connectivity index (χ1v) is 5.19. The molecule has 1 rings (SSSR count). The van der Waals surface area contributed by atoms with E-state index in [0.717, 1.165) is 5.69 Å². The van der Waals surface area contributed by atoms with Crippen LogP contribution in [-0.2, 0) is 4.79 Å². The first-order valence-electron chi connectivity index (χ1n) is 4.02. The van der Waals surface area contributed by atoms with Gasteiger partial charge in [-0.25, -0.2) is 0 Å². The molecule has 14 heavy (non-hydrogen) atoms. The maximum absolute atomic E-state index is 11.4. The molecule has 74 valence electrons. The van der Waals surface area contributed by atoms with Crippen molar-refractivity contribution in [1.82, 2.24) is 0 Å². The van der Waals surface area contributed by atoms with Crippen LogP contribution in [0.2, 0.25) is 5.02 Å². The molecule has 0 aliphatic heterocycles. The minimum Gasteiger partial charge on any atom is -0.322 e. The van der Waals surface area contributed by atoms with Crippen LogP contribution in [0, 0.1) is 0 Å². The van der Waals surface area contributed by atoms with Gasteiger partial charge in [0, 0.05) is 10.7 Å². The summed E-state index contributed by atoms with van der Waals surface area (Å²) in [5, 5.41) is 3.35. The van der Waals surface area contributed by atoms with Gasteiger partial charge in [0.05, 0.1) is 4.48 Å². The molecule has 1 aromatic rings. The Bertz CT molecular complexity index is 359. The Labute approximate surface area is 96.1 Å². The van der Waals surface area contributed by atoms with Crippen molar-refractivity contribution >= 4 is 39.1 Å². The van der Waals surface area contributed by atoms with Crippen LogP contribution >= 0.6 is 27.5 Å². The fourth-order valence-electron chi connectivity index (χ4n) is 0.855. The highest BCUT2D eigenvalue weighted by atomic mass is 79.9. The first kappa shape index (κ1) is 11.3. The summed E-state index contributed by atoms with van der Waals surface area (Å²) in [6.45, 7) is 1.78. The van der Waals surface area contributed by atoms with Gasteiger partial charge in [0.2, 0.25) is 0 Å². The summed E-state index contributed by atoms with van der Waals surface area (Å²) in [6.07, 6.45) is 1.69. The van der Waals surface area contributed by atoms with Gasteiger partial charge in [0.15, 0.2) is 0 Å². The molecule has 0 heterocycles. The zero-order valence-electron chi connectivity index (χ0n) is 7.55. The second-order valence-electron chi connectivity index (χ2n) is 2.60. The third-order valence-corrected chi connectivity index (χ3v) is 2.64. The lowest BCUT2D eigenvalue weighted by Crippen LogP contribution is -2.10. The monoisotopic (exact) mass is 273 g/mol. The number of halogens is 2. The fourth-order valence-corrected chi connectivity index (χ4v) is 1.08. The van der Waals surface area contributed by atoms with Gasteiger partial charge in [-0.15, -0.1) is 0 Å². The Morgan fingerprint density at radius 2 is 2.00 bits per heavy atom. The molecule has 0 atom stereocenters. The molecule has 4 heteroatoms. The summed E-state index contributed by atoms with van der Waals surface area (Å²) in [6, 6.07) is 6.94. The van der Waals surface area contributed by atoms with E-state index in [1.54, 1.807) is 37.3 Å². The number of allylic oxidation sites excluding steroid dienone is 1. The van der Waals surface area contributed by atoms with Gasteiger partial charge >= 0.3 is 0 Å². The molecule has 0 bridgehead atoms. The Balaban J connectivity index is 2.70. The number of carbonyl (C=O) groups excluding carboxylic acids is 1. The SMILES string of the molecule is CC=C(Br)C(=O)Nc1ccc(Cl)cc1. The number of hydrogen-bond acceptors (Lipinski definition) is 1. The number of nitrogens with one attached hydrogen (secondary N) is 1. The molecule has 0 saturated carbocycles. The van der Waals surface area contributed by atoms with Crippen molar-refractivity contribution in [3.63, 3.8) is 0 Å². The quantitative estimate of drug-likeness (QED) is 0.821. The molecule has 0 spiro atoms. The fraction of sp³-hybridized carbons (Fsp3) is 0.100. The summed E-state index contributed by atoms with van der Waals surface area (Å²) in [5.74, 6) is -0.171. The average molecular weight is 275 g/mol. The number of amides is 1. The predicted molar refractivity (Wildman–Crippen MR) is 62.8 cm³/mol. The minimum absolute atomic E-state index is 0.171. The zero-order chi connectivity index (χ0) is 10.6. The molecule has 0 aliphatic carbocycles. The van der Waals surface area contributed by atoms with Gasteiger partial charge in [0.1, 0.15) is 0 Å². The Hall–Kier alpha value is -0.800. The molecule has 0 aromatic heterocycles. The van der Waals surface area contributed by atoms with Gasteiger partial charge in [-0.2, -0.15) is 0 Å². The van der Waals surface area contributed by atoms with Crippen LogP contribution in [0.15, 0.2) is 34.8 Å². The Kier molecular flexibility index (Phi) is 4.17. The maximum atomic E-state index is 11.4. The van der Waals surface area contributed by atoms with Crippen molar-refractivity contribution in [2.24, 2.45) is 0 Å². The number of rotatable bonds is 2. The predicted octanol–water partition coefficient (Wildman–Crippen LogP) is 3.58. The van der Waals surface area contributed by atoms with E-state index in [9.17, 15) is 4.79 Å². The zero-order valence-corrected chi connectivity index (χ0v) is 9.89. The molecule has 0 fully saturated rings. The largest absolute Gasteiger partial charge is 0.322 e. The van der Waals surface area contributed by atoms with Crippen LogP contribution in [0.3, 0.4) is 0 Å². The van der Waals surface area contributed by atoms with Crippen molar-refractivity contribution < 1.29 is 4.79 Å². The van der Waals surface area contributed by atoms with Crippen LogP contribution in [-0.4, -0.2) is 5.91 Å². The van der Waals surface area contributed by atoms with Crippen LogP contribution in [0.25, 0.3) is 0 Å². The standard InChI is InChI=1S/C10H9BrClNO/c1-2-9(11)10(14)13-8-5-3-7(12)4-6-8/h2-6H,1H3,(H,13,14). The third kappa shape index (κ3) is 3.16. The van der Waals surface area contributed by atoms with Crippen LogP contribution in [0.1, 0.15) is 6.92 Å². The van der Waals surface area contributed by atoms with E-state index >= 15 is 0 Å². The Morgan fingerprint density at radius 1 is 1.43 bits per heavy atom. The lowest BCUT2D eigenvalue weighted by Gasteiger charge is -2.03. The van der Waals surface area contributed by atoms with Crippen LogP contribution in [0.4, 0.5) is 5.69 Å². The van der Waals surface area contributed by atoms with E-state index in [-0.39, 0.29) is 5.91 Å². The van der Waals surface area contributed by atoms with E-state index < -0.39 is 0 Å². The molecular weight excluding hydrogens is 265 g/mol. The summed E-state index contributed by atoms with van der Waals surface area (Å²) in [5.41, 5.74) is 0.721. The molecule has 1 aromatic carbocycles. The van der Waals surface area contributed by atoms with Crippen molar-refractivity contribution in [3.05, 3.63) is 39.8 Å². The highest BCUT2D eigenvalue weighted by Gasteiger charge is 2.04. The van der Waals surface area contributed by atoms with Gasteiger partial charge < -0.3 is 5.32 Å². The van der Waals surface area contributed by atoms with Gasteiger partial charge in [-0.05, 0) is 47.1 Å². The molecule has 0 saturated heterocycles. The lowest BCUT2D eigenvalue weighted by atomic mass is 10.3. The van der Waals surface area contributed by atoms with Crippen molar-refractivity contribution in [2.45, 2.75) is 6.92 Å². The normalized spacial score (nSPS) is 11.2. The van der Waals surface area contributed by atoms with Crippen molar-refractivity contribution in [2.75, 3.05) is 5.32 Å². The first-order chi connectivity index (χ1) is 6.63. The lowest BCUT2D eigenvalue weighted by molar-refractivity contribution is -0.112. The molecule has 0 aliphatic rings. The van der Waals surface area contributed by atoms with E-state index in [0.29, 0.717) is 9.51 Å². The second kappa shape index (κ2) is 5.17. The second-order valence-corrected chi connectivity index (χ2v) is 3.89. The number of anilines is 1. The van der Waals surface area contributed by atoms with Crippen molar-refractivity contribution in [3.8, 4) is 0 Å². The van der Waals surface area contributed by atoms with E-state index in [2.05, 4.69) is 21.2 Å². The summed E-state index contributed by atoms with van der Waals surface area (Å²) < 4.78 is 0.507. The molecule has 0 unspecified atom stereocenters. The summed E-state index contributed by atoms with van der Waals surface area (Å²) >= 11 is 8.84. The average Bonchev–Trinajstić information content (AvgIpc) is 2.20. The molecular formula is C10H9BrClNO. The highest BCUT2D eigenvalue weighted by molar-refractivity contribution is 9.12. The minimum atomic E-state index is -0.171. The number of hydrogen-bond donors (Lipinski definition) is 1. The topological polar surface area (TPSA) is 29.1 Å². The van der Waals surface area contributed by atoms with Gasteiger partial charge in [-0.1, -0.05) is 17.7 Å². The van der Waals surface area contributed by atoms with Crippen LogP contribution < -0.4 is 5.32 Å². The number of carbonyl (C=O) groups is 1. The summed E-state index contributed by atoms with van der Waals surface area (Å²) in [7, 11) is 0. The number of benzene rings is 1. The summed E-state index contributed by atoms with van der Waals surface area (Å²) in [4.78, 5) is 11.4. The smallest absolute Gasteiger partial charge is 0.262 e.